The Kier molecular flexibility index (Phi) is 5.86. The standard InChI is InChI=1S/C16H22ClNO2/c1-20-16(19)14(13-8-4-5-9-15(13)17)12-18-10-6-2-3-7-11-18/h4-5,8-9,14H,2-3,6-7,10-12H2,1H3. The predicted molar refractivity (Wildman–Crippen MR) is 81.1 cm³/mol. The molecule has 3 nitrogen and oxygen atoms in total. The van der Waals surface area contributed by atoms with Crippen LogP contribution >= 0.6 is 11.6 Å². The van der Waals surface area contributed by atoms with Crippen molar-refractivity contribution in [3.63, 3.8) is 0 Å². The van der Waals surface area contributed by atoms with Gasteiger partial charge in [-0.2, -0.15) is 0 Å². The van der Waals surface area contributed by atoms with Crippen LogP contribution in [0.25, 0.3) is 0 Å². The molecular weight excluding hydrogens is 274 g/mol. The van der Waals surface area contributed by atoms with Gasteiger partial charge in [-0.1, -0.05) is 42.6 Å². The second-order valence-electron chi connectivity index (χ2n) is 5.31. The summed E-state index contributed by atoms with van der Waals surface area (Å²) >= 11 is 6.24. The van der Waals surface area contributed by atoms with E-state index in [2.05, 4.69) is 4.90 Å². The van der Waals surface area contributed by atoms with Gasteiger partial charge < -0.3 is 9.64 Å². The van der Waals surface area contributed by atoms with E-state index in [1.165, 1.54) is 32.8 Å². The van der Waals surface area contributed by atoms with E-state index >= 15 is 0 Å². The van der Waals surface area contributed by atoms with E-state index in [1.807, 2.05) is 24.3 Å². The summed E-state index contributed by atoms with van der Waals surface area (Å²) in [4.78, 5) is 14.5. The molecule has 0 N–H and O–H groups in total. The van der Waals surface area contributed by atoms with E-state index in [9.17, 15) is 4.79 Å². The first-order valence-corrected chi connectivity index (χ1v) is 7.65. The number of esters is 1. The van der Waals surface area contributed by atoms with E-state index < -0.39 is 0 Å². The Bertz CT molecular complexity index is 442. The van der Waals surface area contributed by atoms with Gasteiger partial charge in [0.15, 0.2) is 0 Å². The fraction of sp³-hybridized carbons (Fsp3) is 0.562. The average Bonchev–Trinajstić information content (AvgIpc) is 2.73. The molecule has 1 atom stereocenters. The van der Waals surface area contributed by atoms with Crippen molar-refractivity contribution >= 4 is 17.6 Å². The minimum Gasteiger partial charge on any atom is -0.469 e. The Morgan fingerprint density at radius 2 is 1.90 bits per heavy atom. The highest BCUT2D eigenvalue weighted by Crippen LogP contribution is 2.27. The van der Waals surface area contributed by atoms with Crippen LogP contribution in [0, 0.1) is 0 Å². The number of carbonyl (C=O) groups is 1. The van der Waals surface area contributed by atoms with Gasteiger partial charge in [-0.25, -0.2) is 0 Å². The number of hydrogen-bond donors (Lipinski definition) is 0. The number of methoxy groups -OCH3 is 1. The minimum atomic E-state index is -0.299. The highest BCUT2D eigenvalue weighted by molar-refractivity contribution is 6.31. The lowest BCUT2D eigenvalue weighted by molar-refractivity contribution is -0.143. The van der Waals surface area contributed by atoms with Crippen LogP contribution in [0.2, 0.25) is 5.02 Å². The second-order valence-corrected chi connectivity index (χ2v) is 5.72. The first kappa shape index (κ1) is 15.3. The smallest absolute Gasteiger partial charge is 0.314 e. The second kappa shape index (κ2) is 7.65. The summed E-state index contributed by atoms with van der Waals surface area (Å²) in [5.74, 6) is -0.505. The van der Waals surface area contributed by atoms with Gasteiger partial charge in [0.25, 0.3) is 0 Å². The van der Waals surface area contributed by atoms with E-state index in [1.54, 1.807) is 0 Å². The Morgan fingerprint density at radius 3 is 2.50 bits per heavy atom. The van der Waals surface area contributed by atoms with Crippen molar-refractivity contribution in [1.82, 2.24) is 4.90 Å². The molecule has 0 aliphatic carbocycles. The fourth-order valence-electron chi connectivity index (χ4n) is 2.78. The Morgan fingerprint density at radius 1 is 1.25 bits per heavy atom. The molecule has 0 bridgehead atoms. The third kappa shape index (κ3) is 3.97. The van der Waals surface area contributed by atoms with Gasteiger partial charge in [0, 0.05) is 11.6 Å². The number of hydrogen-bond acceptors (Lipinski definition) is 3. The number of ether oxygens (including phenoxy) is 1. The fourth-order valence-corrected chi connectivity index (χ4v) is 3.04. The maximum absolute atomic E-state index is 12.1. The molecule has 1 unspecified atom stereocenters. The molecule has 1 aliphatic rings. The van der Waals surface area contributed by atoms with Gasteiger partial charge in [0.1, 0.15) is 0 Å². The van der Waals surface area contributed by atoms with Crippen molar-refractivity contribution in [2.24, 2.45) is 0 Å². The van der Waals surface area contributed by atoms with Crippen LogP contribution in [0.1, 0.15) is 37.2 Å². The average molecular weight is 296 g/mol. The van der Waals surface area contributed by atoms with Crippen molar-refractivity contribution in [3.8, 4) is 0 Å². The summed E-state index contributed by atoms with van der Waals surface area (Å²) in [5, 5.41) is 0.637. The zero-order valence-corrected chi connectivity index (χ0v) is 12.7. The first-order chi connectivity index (χ1) is 9.72. The largest absolute Gasteiger partial charge is 0.469 e. The number of benzene rings is 1. The van der Waals surface area contributed by atoms with Crippen LogP contribution in [-0.4, -0.2) is 37.6 Å². The molecule has 0 radical (unpaired) electrons. The van der Waals surface area contributed by atoms with Crippen molar-refractivity contribution in [2.45, 2.75) is 31.6 Å². The van der Waals surface area contributed by atoms with Crippen molar-refractivity contribution in [2.75, 3.05) is 26.7 Å². The van der Waals surface area contributed by atoms with E-state index in [0.717, 1.165) is 18.7 Å². The van der Waals surface area contributed by atoms with Gasteiger partial charge in [-0.05, 0) is 37.6 Å². The topological polar surface area (TPSA) is 29.5 Å². The number of carbonyl (C=O) groups excluding carboxylic acids is 1. The molecule has 0 saturated carbocycles. The van der Waals surface area contributed by atoms with Crippen LogP contribution in [0.15, 0.2) is 24.3 Å². The number of rotatable bonds is 4. The highest BCUT2D eigenvalue weighted by Gasteiger charge is 2.26. The zero-order valence-electron chi connectivity index (χ0n) is 12.0. The molecule has 1 aromatic carbocycles. The van der Waals surface area contributed by atoms with Gasteiger partial charge in [-0.3, -0.25) is 4.79 Å². The first-order valence-electron chi connectivity index (χ1n) is 7.27. The molecule has 1 saturated heterocycles. The van der Waals surface area contributed by atoms with Crippen LogP contribution in [0.3, 0.4) is 0 Å². The number of likely N-dealkylation sites (tertiary alicyclic amines) is 1. The van der Waals surface area contributed by atoms with Gasteiger partial charge >= 0.3 is 5.97 Å². The molecule has 1 aliphatic heterocycles. The molecule has 4 heteroatoms. The molecule has 20 heavy (non-hydrogen) atoms. The van der Waals surface area contributed by atoms with Crippen LogP contribution in [-0.2, 0) is 9.53 Å². The number of halogens is 1. The summed E-state index contributed by atoms with van der Waals surface area (Å²) < 4.78 is 4.97. The highest BCUT2D eigenvalue weighted by atomic mass is 35.5. The normalized spacial score (nSPS) is 18.3. The maximum atomic E-state index is 12.1. The van der Waals surface area contributed by atoms with Crippen LogP contribution in [0.5, 0.6) is 0 Å². The Balaban J connectivity index is 2.15. The molecule has 1 heterocycles. The molecule has 0 spiro atoms. The third-order valence-corrected chi connectivity index (χ3v) is 4.25. The maximum Gasteiger partial charge on any atom is 0.314 e. The summed E-state index contributed by atoms with van der Waals surface area (Å²) in [6.45, 7) is 2.80. The SMILES string of the molecule is COC(=O)C(CN1CCCCCC1)c1ccccc1Cl. The lowest BCUT2D eigenvalue weighted by atomic mass is 9.98. The molecule has 110 valence electrons. The number of nitrogens with zero attached hydrogens (tertiary/aromatic N) is 1. The summed E-state index contributed by atoms with van der Waals surface area (Å²) in [6, 6.07) is 7.54. The predicted octanol–water partition coefficient (Wildman–Crippen LogP) is 3.47. The van der Waals surface area contributed by atoms with Gasteiger partial charge in [0.2, 0.25) is 0 Å². The Labute approximate surface area is 125 Å². The van der Waals surface area contributed by atoms with E-state index in [-0.39, 0.29) is 11.9 Å². The molecule has 0 amide bonds. The van der Waals surface area contributed by atoms with Crippen molar-refractivity contribution in [3.05, 3.63) is 34.9 Å². The van der Waals surface area contributed by atoms with Gasteiger partial charge in [-0.15, -0.1) is 0 Å². The lowest BCUT2D eigenvalue weighted by Gasteiger charge is -2.25. The van der Waals surface area contributed by atoms with E-state index in [4.69, 9.17) is 16.3 Å². The van der Waals surface area contributed by atoms with Gasteiger partial charge in [0.05, 0.1) is 13.0 Å². The third-order valence-electron chi connectivity index (χ3n) is 3.91. The zero-order chi connectivity index (χ0) is 14.4. The lowest BCUT2D eigenvalue weighted by Crippen LogP contribution is -2.33. The van der Waals surface area contributed by atoms with Crippen molar-refractivity contribution in [1.29, 1.82) is 0 Å². The molecule has 0 aromatic heterocycles. The van der Waals surface area contributed by atoms with Crippen LogP contribution < -0.4 is 0 Å². The van der Waals surface area contributed by atoms with Crippen LogP contribution in [0.4, 0.5) is 0 Å². The van der Waals surface area contributed by atoms with E-state index in [0.29, 0.717) is 11.6 Å². The quantitative estimate of drug-likeness (QED) is 0.797. The Hall–Kier alpha value is -1.06. The minimum absolute atomic E-state index is 0.206. The summed E-state index contributed by atoms with van der Waals surface area (Å²) in [7, 11) is 1.44. The molecule has 1 fully saturated rings. The summed E-state index contributed by atoms with van der Waals surface area (Å²) in [6.07, 6.45) is 4.98. The summed E-state index contributed by atoms with van der Waals surface area (Å²) in [5.41, 5.74) is 0.866. The molecule has 2 rings (SSSR count). The molecular formula is C16H22ClNO2. The van der Waals surface area contributed by atoms with Crippen molar-refractivity contribution < 1.29 is 9.53 Å². The molecule has 1 aromatic rings. The monoisotopic (exact) mass is 295 g/mol.